The quantitative estimate of drug-likeness (QED) is 0.0905. The molecule has 6 nitrogen and oxygen atoms in total. The average Bonchev–Trinajstić information content (AvgIpc) is 2.97. The molecule has 0 aliphatic heterocycles. The van der Waals surface area contributed by atoms with E-state index in [0.29, 0.717) is 32.0 Å². The van der Waals surface area contributed by atoms with Crippen molar-refractivity contribution in [3.63, 3.8) is 0 Å². The number of esters is 1. The molecular formula is C34H48O6. The van der Waals surface area contributed by atoms with E-state index in [1.807, 2.05) is 12.1 Å². The summed E-state index contributed by atoms with van der Waals surface area (Å²) in [4.78, 5) is 12.4. The highest BCUT2D eigenvalue weighted by Gasteiger charge is 2.27. The topological polar surface area (TPSA) is 74.2 Å². The third-order valence-electron chi connectivity index (χ3n) is 7.36. The number of benzene rings is 2. The first kappa shape index (κ1) is 31.9. The van der Waals surface area contributed by atoms with E-state index in [9.17, 15) is 9.90 Å². The second-order valence-electron chi connectivity index (χ2n) is 10.9. The fraction of sp³-hybridized carbons (Fsp3) is 0.559. The van der Waals surface area contributed by atoms with Crippen LogP contribution in [-0.2, 0) is 38.6 Å². The zero-order valence-corrected chi connectivity index (χ0v) is 24.4. The molecule has 40 heavy (non-hydrogen) atoms. The molecule has 1 N–H and O–H groups in total. The molecule has 220 valence electrons. The smallest absolute Gasteiger partial charge is 0.308 e. The van der Waals surface area contributed by atoms with Crippen molar-refractivity contribution in [2.75, 3.05) is 13.2 Å². The summed E-state index contributed by atoms with van der Waals surface area (Å²) in [5.74, 6) is 0.810. The molecule has 0 heterocycles. The van der Waals surface area contributed by atoms with E-state index in [1.165, 1.54) is 5.56 Å². The van der Waals surface area contributed by atoms with Crippen LogP contribution < -0.4 is 4.74 Å². The zero-order valence-electron chi connectivity index (χ0n) is 24.4. The lowest BCUT2D eigenvalue weighted by Gasteiger charge is -2.27. The van der Waals surface area contributed by atoms with Gasteiger partial charge in [-0.2, -0.15) is 0 Å². The highest BCUT2D eigenvalue weighted by Crippen LogP contribution is 2.28. The summed E-state index contributed by atoms with van der Waals surface area (Å²) in [5.41, 5.74) is 4.24. The van der Waals surface area contributed by atoms with Crippen LogP contribution in [0.25, 0.3) is 0 Å². The van der Waals surface area contributed by atoms with Gasteiger partial charge in [0.15, 0.2) is 6.29 Å². The summed E-state index contributed by atoms with van der Waals surface area (Å²) >= 11 is 0. The molecule has 0 aromatic heterocycles. The molecule has 0 radical (unpaired) electrons. The van der Waals surface area contributed by atoms with Gasteiger partial charge in [-0.25, -0.2) is 0 Å². The van der Waals surface area contributed by atoms with Gasteiger partial charge < -0.3 is 24.1 Å². The Balaban J connectivity index is 1.23. The minimum absolute atomic E-state index is 0.0148. The number of carbonyl (C=O) groups is 1. The Kier molecular flexibility index (Phi) is 14.3. The van der Waals surface area contributed by atoms with Crippen molar-refractivity contribution >= 4 is 5.97 Å². The van der Waals surface area contributed by atoms with Gasteiger partial charge in [0.1, 0.15) is 12.4 Å². The Morgan fingerprint density at radius 2 is 1.48 bits per heavy atom. The fourth-order valence-corrected chi connectivity index (χ4v) is 4.80. The number of carbonyl (C=O) groups excluding carboxylic acids is 1. The summed E-state index contributed by atoms with van der Waals surface area (Å²) in [5, 5.41) is 9.53. The molecule has 6 heteroatoms. The third kappa shape index (κ3) is 11.8. The Bertz CT molecular complexity index is 992. The molecule has 0 spiro atoms. The van der Waals surface area contributed by atoms with Crippen molar-refractivity contribution in [2.45, 2.75) is 104 Å². The van der Waals surface area contributed by atoms with Gasteiger partial charge in [0.25, 0.3) is 0 Å². The molecule has 3 rings (SSSR count). The maximum absolute atomic E-state index is 12.4. The zero-order chi connectivity index (χ0) is 28.6. The molecule has 1 unspecified atom stereocenters. The molecule has 1 aliphatic carbocycles. The van der Waals surface area contributed by atoms with Crippen LogP contribution in [0.15, 0.2) is 60.7 Å². The Morgan fingerprint density at radius 3 is 2.10 bits per heavy atom. The molecular weight excluding hydrogens is 504 g/mol. The van der Waals surface area contributed by atoms with Crippen molar-refractivity contribution in [1.29, 1.82) is 0 Å². The number of rotatable bonds is 18. The SMILES string of the molecule is C=C(C)C(O)OCCCCCCOC(=O)C1CCC(OCc2ccc(COc3ccc(CCC)cc3)cc2)CC1. The summed E-state index contributed by atoms with van der Waals surface area (Å²) in [6.45, 7) is 9.69. The van der Waals surface area contributed by atoms with Gasteiger partial charge in [-0.1, -0.05) is 62.7 Å². The fourth-order valence-electron chi connectivity index (χ4n) is 4.80. The van der Waals surface area contributed by atoms with Crippen LogP contribution in [0.1, 0.15) is 88.3 Å². The minimum Gasteiger partial charge on any atom is -0.489 e. The summed E-state index contributed by atoms with van der Waals surface area (Å²) in [7, 11) is 0. The average molecular weight is 553 g/mol. The first-order valence-electron chi connectivity index (χ1n) is 15.0. The first-order chi connectivity index (χ1) is 19.4. The minimum atomic E-state index is -0.877. The van der Waals surface area contributed by atoms with Crippen LogP contribution >= 0.6 is 0 Å². The lowest BCUT2D eigenvalue weighted by atomic mass is 9.87. The highest BCUT2D eigenvalue weighted by molar-refractivity contribution is 5.72. The van der Waals surface area contributed by atoms with Crippen molar-refractivity contribution in [1.82, 2.24) is 0 Å². The maximum atomic E-state index is 12.4. The van der Waals surface area contributed by atoms with Gasteiger partial charge in [-0.3, -0.25) is 4.79 Å². The van der Waals surface area contributed by atoms with Crippen molar-refractivity contribution < 1.29 is 28.8 Å². The van der Waals surface area contributed by atoms with Crippen LogP contribution in [0.4, 0.5) is 0 Å². The van der Waals surface area contributed by atoms with E-state index in [0.717, 1.165) is 81.1 Å². The van der Waals surface area contributed by atoms with Crippen LogP contribution in [0.5, 0.6) is 5.75 Å². The molecule has 1 fully saturated rings. The number of hydrogen-bond donors (Lipinski definition) is 1. The van der Waals surface area contributed by atoms with Gasteiger partial charge in [0, 0.05) is 0 Å². The highest BCUT2D eigenvalue weighted by atomic mass is 16.6. The van der Waals surface area contributed by atoms with Gasteiger partial charge in [-0.05, 0) is 92.7 Å². The number of ether oxygens (including phenoxy) is 4. The van der Waals surface area contributed by atoms with E-state index < -0.39 is 6.29 Å². The standard InChI is InChI=1S/C34H48O6/c1-4-9-27-14-18-31(19-15-27)39-24-28-10-12-29(13-11-28)25-40-32-20-16-30(17-21-32)34(36)38-23-8-6-5-7-22-37-33(35)26(2)3/h10-15,18-19,30,32-33,35H,2,4-9,16-17,20-25H2,1,3H3. The second-order valence-corrected chi connectivity index (χ2v) is 10.9. The van der Waals surface area contributed by atoms with Crippen molar-refractivity contribution in [3.8, 4) is 5.75 Å². The van der Waals surface area contributed by atoms with Gasteiger partial charge in [-0.15, -0.1) is 0 Å². The van der Waals surface area contributed by atoms with Crippen LogP contribution in [0, 0.1) is 5.92 Å². The van der Waals surface area contributed by atoms with E-state index in [4.69, 9.17) is 18.9 Å². The lowest BCUT2D eigenvalue weighted by molar-refractivity contribution is -0.151. The third-order valence-corrected chi connectivity index (χ3v) is 7.36. The molecule has 2 aromatic carbocycles. The van der Waals surface area contributed by atoms with E-state index in [2.05, 4.69) is 49.9 Å². The van der Waals surface area contributed by atoms with Gasteiger partial charge >= 0.3 is 5.97 Å². The number of aliphatic hydroxyl groups is 1. The molecule has 1 atom stereocenters. The summed E-state index contributed by atoms with van der Waals surface area (Å²) in [6, 6.07) is 16.8. The number of aryl methyl sites for hydroxylation is 1. The Morgan fingerprint density at radius 1 is 0.875 bits per heavy atom. The molecule has 2 aromatic rings. The molecule has 0 amide bonds. The van der Waals surface area contributed by atoms with Crippen molar-refractivity contribution in [3.05, 3.63) is 77.4 Å². The van der Waals surface area contributed by atoms with Gasteiger partial charge in [0.05, 0.1) is 31.8 Å². The molecule has 0 bridgehead atoms. The normalized spacial score (nSPS) is 17.8. The van der Waals surface area contributed by atoms with Crippen molar-refractivity contribution in [2.24, 2.45) is 5.92 Å². The Labute approximate surface area is 240 Å². The predicted octanol–water partition coefficient (Wildman–Crippen LogP) is 7.31. The largest absolute Gasteiger partial charge is 0.489 e. The Hall–Kier alpha value is -2.67. The van der Waals surface area contributed by atoms with E-state index >= 15 is 0 Å². The second kappa shape index (κ2) is 17.9. The maximum Gasteiger partial charge on any atom is 0.308 e. The first-order valence-corrected chi connectivity index (χ1v) is 15.0. The summed E-state index contributed by atoms with van der Waals surface area (Å²) in [6.07, 6.45) is 8.65. The monoisotopic (exact) mass is 552 g/mol. The number of hydrogen-bond acceptors (Lipinski definition) is 6. The van der Waals surface area contributed by atoms with E-state index in [-0.39, 0.29) is 18.0 Å². The van der Waals surface area contributed by atoms with E-state index in [1.54, 1.807) is 6.92 Å². The molecule has 0 saturated heterocycles. The van der Waals surface area contributed by atoms with Crippen LogP contribution in [-0.4, -0.2) is 36.7 Å². The molecule has 1 saturated carbocycles. The number of unbranched alkanes of at least 4 members (excludes halogenated alkanes) is 3. The predicted molar refractivity (Wildman–Crippen MR) is 158 cm³/mol. The van der Waals surface area contributed by atoms with Gasteiger partial charge in [0.2, 0.25) is 0 Å². The van der Waals surface area contributed by atoms with Crippen LogP contribution in [0.3, 0.4) is 0 Å². The lowest BCUT2D eigenvalue weighted by Crippen LogP contribution is -2.27. The van der Waals surface area contributed by atoms with Crippen LogP contribution in [0.2, 0.25) is 0 Å². The number of aliphatic hydroxyl groups excluding tert-OH is 1. The summed E-state index contributed by atoms with van der Waals surface area (Å²) < 4.78 is 22.9. The molecule has 1 aliphatic rings.